The predicted molar refractivity (Wildman–Crippen MR) is 79.9 cm³/mol. The Hall–Kier alpha value is -1.55. The smallest absolute Gasteiger partial charge is 0.254 e. The standard InChI is InChI=1S/C16H24N2O2/c1-12(2)18(11-13-5-4-8-17-10-13)16(20)14-6-3-7-15(19)9-14/h3,6-7,9,12-13,17,19H,4-5,8,10-11H2,1-2H3. The summed E-state index contributed by atoms with van der Waals surface area (Å²) in [6.45, 7) is 6.92. The van der Waals surface area contributed by atoms with Crippen LogP contribution in [-0.2, 0) is 0 Å². The average molecular weight is 276 g/mol. The molecule has 1 aromatic carbocycles. The summed E-state index contributed by atoms with van der Waals surface area (Å²) in [6, 6.07) is 6.75. The van der Waals surface area contributed by atoms with E-state index in [9.17, 15) is 9.90 Å². The predicted octanol–water partition coefficient (Wildman–Crippen LogP) is 2.24. The lowest BCUT2D eigenvalue weighted by molar-refractivity contribution is 0.0660. The molecule has 1 aromatic rings. The largest absolute Gasteiger partial charge is 0.508 e. The van der Waals surface area contributed by atoms with Crippen molar-refractivity contribution in [2.24, 2.45) is 5.92 Å². The van der Waals surface area contributed by atoms with Crippen LogP contribution < -0.4 is 5.32 Å². The fourth-order valence-electron chi connectivity index (χ4n) is 2.69. The van der Waals surface area contributed by atoms with Crippen molar-refractivity contribution in [2.75, 3.05) is 19.6 Å². The third-order valence-corrected chi connectivity index (χ3v) is 3.83. The molecule has 2 N–H and O–H groups in total. The first kappa shape index (κ1) is 14.9. The maximum absolute atomic E-state index is 12.6. The second-order valence-corrected chi connectivity index (χ2v) is 5.81. The van der Waals surface area contributed by atoms with Gasteiger partial charge < -0.3 is 15.3 Å². The van der Waals surface area contributed by atoms with Gasteiger partial charge >= 0.3 is 0 Å². The molecule has 20 heavy (non-hydrogen) atoms. The molecule has 0 radical (unpaired) electrons. The number of piperidine rings is 1. The molecule has 2 rings (SSSR count). The van der Waals surface area contributed by atoms with Crippen LogP contribution in [0.4, 0.5) is 0 Å². The van der Waals surface area contributed by atoms with Gasteiger partial charge in [0, 0.05) is 18.2 Å². The number of carbonyl (C=O) groups excluding carboxylic acids is 1. The van der Waals surface area contributed by atoms with Crippen LogP contribution >= 0.6 is 0 Å². The molecule has 110 valence electrons. The Morgan fingerprint density at radius 1 is 1.50 bits per heavy atom. The number of hydrogen-bond donors (Lipinski definition) is 2. The second-order valence-electron chi connectivity index (χ2n) is 5.81. The number of nitrogens with zero attached hydrogens (tertiary/aromatic N) is 1. The highest BCUT2D eigenvalue weighted by Gasteiger charge is 2.23. The van der Waals surface area contributed by atoms with Gasteiger partial charge in [-0.05, 0) is 63.9 Å². The number of phenols is 1. The molecule has 1 unspecified atom stereocenters. The van der Waals surface area contributed by atoms with Gasteiger partial charge in [-0.1, -0.05) is 6.07 Å². The minimum atomic E-state index is 0.00136. The molecule has 1 aliphatic rings. The number of nitrogens with one attached hydrogen (secondary N) is 1. The summed E-state index contributed by atoms with van der Waals surface area (Å²) in [4.78, 5) is 14.5. The summed E-state index contributed by atoms with van der Waals surface area (Å²) in [5.41, 5.74) is 0.558. The Balaban J connectivity index is 2.09. The van der Waals surface area contributed by atoms with Gasteiger partial charge in [0.15, 0.2) is 0 Å². The van der Waals surface area contributed by atoms with E-state index in [2.05, 4.69) is 5.32 Å². The summed E-state index contributed by atoms with van der Waals surface area (Å²) in [7, 11) is 0. The molecular formula is C16H24N2O2. The Kier molecular flexibility index (Phi) is 5.01. The van der Waals surface area contributed by atoms with Crippen LogP contribution in [0, 0.1) is 5.92 Å². The second kappa shape index (κ2) is 6.75. The molecule has 4 nitrogen and oxygen atoms in total. The Labute approximate surface area is 120 Å². The number of benzene rings is 1. The monoisotopic (exact) mass is 276 g/mol. The van der Waals surface area contributed by atoms with Crippen LogP contribution in [0.15, 0.2) is 24.3 Å². The lowest BCUT2D eigenvalue weighted by Crippen LogP contribution is -2.44. The molecule has 1 heterocycles. The molecule has 4 heteroatoms. The summed E-state index contributed by atoms with van der Waals surface area (Å²) in [5, 5.41) is 12.9. The van der Waals surface area contributed by atoms with E-state index in [4.69, 9.17) is 0 Å². The molecule has 0 spiro atoms. The summed E-state index contributed by atoms with van der Waals surface area (Å²) in [5.74, 6) is 0.660. The quantitative estimate of drug-likeness (QED) is 0.887. The van der Waals surface area contributed by atoms with Crippen molar-refractivity contribution in [1.82, 2.24) is 10.2 Å². The molecular weight excluding hydrogens is 252 g/mol. The molecule has 1 saturated heterocycles. The number of carbonyl (C=O) groups is 1. The zero-order valence-corrected chi connectivity index (χ0v) is 12.3. The first-order valence-electron chi connectivity index (χ1n) is 7.38. The van der Waals surface area contributed by atoms with E-state index in [0.717, 1.165) is 19.6 Å². The molecule has 0 bridgehead atoms. The zero-order valence-electron chi connectivity index (χ0n) is 12.3. The van der Waals surface area contributed by atoms with Crippen molar-refractivity contribution in [2.45, 2.75) is 32.7 Å². The Morgan fingerprint density at radius 3 is 2.90 bits per heavy atom. The number of rotatable bonds is 4. The van der Waals surface area contributed by atoms with Crippen molar-refractivity contribution in [3.63, 3.8) is 0 Å². The summed E-state index contributed by atoms with van der Waals surface area (Å²) in [6.07, 6.45) is 2.35. The zero-order chi connectivity index (χ0) is 14.5. The lowest BCUT2D eigenvalue weighted by atomic mass is 9.98. The van der Waals surface area contributed by atoms with Gasteiger partial charge in [-0.25, -0.2) is 0 Å². The lowest BCUT2D eigenvalue weighted by Gasteiger charge is -2.33. The van der Waals surface area contributed by atoms with Gasteiger partial charge in [0.25, 0.3) is 5.91 Å². The molecule has 0 aliphatic carbocycles. The number of hydrogen-bond acceptors (Lipinski definition) is 3. The van der Waals surface area contributed by atoms with E-state index in [1.54, 1.807) is 18.2 Å². The number of phenolic OH excluding ortho intramolecular Hbond substituents is 1. The molecule has 0 aromatic heterocycles. The molecule has 1 aliphatic heterocycles. The minimum absolute atomic E-state index is 0.00136. The first-order valence-corrected chi connectivity index (χ1v) is 7.38. The molecule has 1 atom stereocenters. The van der Waals surface area contributed by atoms with Gasteiger partial charge in [0.2, 0.25) is 0 Å². The van der Waals surface area contributed by atoms with Crippen molar-refractivity contribution < 1.29 is 9.90 Å². The highest BCUT2D eigenvalue weighted by Crippen LogP contribution is 2.18. The molecule has 1 fully saturated rings. The Bertz CT molecular complexity index is 454. The van der Waals surface area contributed by atoms with Gasteiger partial charge in [0.05, 0.1) is 0 Å². The average Bonchev–Trinajstić information content (AvgIpc) is 2.45. The van der Waals surface area contributed by atoms with Crippen LogP contribution in [0.1, 0.15) is 37.0 Å². The normalized spacial score (nSPS) is 19.1. The fraction of sp³-hybridized carbons (Fsp3) is 0.562. The van der Waals surface area contributed by atoms with E-state index in [1.807, 2.05) is 18.7 Å². The summed E-state index contributed by atoms with van der Waals surface area (Å²) >= 11 is 0. The van der Waals surface area contributed by atoms with Crippen LogP contribution in [-0.4, -0.2) is 41.6 Å². The van der Waals surface area contributed by atoms with Crippen molar-refractivity contribution in [3.8, 4) is 5.75 Å². The first-order chi connectivity index (χ1) is 9.58. The van der Waals surface area contributed by atoms with E-state index < -0.39 is 0 Å². The fourth-order valence-corrected chi connectivity index (χ4v) is 2.69. The highest BCUT2D eigenvalue weighted by molar-refractivity contribution is 5.94. The van der Waals surface area contributed by atoms with E-state index in [1.165, 1.54) is 18.9 Å². The van der Waals surface area contributed by atoms with E-state index in [0.29, 0.717) is 11.5 Å². The van der Waals surface area contributed by atoms with Crippen LogP contribution in [0.3, 0.4) is 0 Å². The third-order valence-electron chi connectivity index (χ3n) is 3.83. The van der Waals surface area contributed by atoms with E-state index >= 15 is 0 Å². The molecule has 0 saturated carbocycles. The van der Waals surface area contributed by atoms with Gasteiger partial charge in [-0.15, -0.1) is 0 Å². The van der Waals surface area contributed by atoms with Gasteiger partial charge in [-0.3, -0.25) is 4.79 Å². The third kappa shape index (κ3) is 3.73. The van der Waals surface area contributed by atoms with Crippen LogP contribution in [0.2, 0.25) is 0 Å². The topological polar surface area (TPSA) is 52.6 Å². The van der Waals surface area contributed by atoms with Crippen molar-refractivity contribution >= 4 is 5.91 Å². The number of aromatic hydroxyl groups is 1. The Morgan fingerprint density at radius 2 is 2.30 bits per heavy atom. The maximum Gasteiger partial charge on any atom is 0.254 e. The van der Waals surface area contributed by atoms with Gasteiger partial charge in [0.1, 0.15) is 5.75 Å². The highest BCUT2D eigenvalue weighted by atomic mass is 16.3. The number of amides is 1. The minimum Gasteiger partial charge on any atom is -0.508 e. The van der Waals surface area contributed by atoms with E-state index in [-0.39, 0.29) is 17.7 Å². The van der Waals surface area contributed by atoms with Crippen LogP contribution in [0.5, 0.6) is 5.75 Å². The summed E-state index contributed by atoms with van der Waals surface area (Å²) < 4.78 is 0. The SMILES string of the molecule is CC(C)N(CC1CCCNC1)C(=O)c1cccc(O)c1. The van der Waals surface area contributed by atoms with Crippen molar-refractivity contribution in [3.05, 3.63) is 29.8 Å². The maximum atomic E-state index is 12.6. The van der Waals surface area contributed by atoms with Crippen LogP contribution in [0.25, 0.3) is 0 Å². The van der Waals surface area contributed by atoms with Crippen molar-refractivity contribution in [1.29, 1.82) is 0 Å². The molecule has 1 amide bonds. The van der Waals surface area contributed by atoms with Gasteiger partial charge in [-0.2, -0.15) is 0 Å².